The number of benzene rings is 1. The van der Waals surface area contributed by atoms with Gasteiger partial charge in [-0.2, -0.15) is 14.3 Å². The highest BCUT2D eigenvalue weighted by Gasteiger charge is 2.25. The molecule has 0 bridgehead atoms. The largest absolute Gasteiger partial charge is 0.462 e. The highest BCUT2D eigenvalue weighted by molar-refractivity contribution is 7.98. The monoisotopic (exact) mass is 437 g/mol. The van der Waals surface area contributed by atoms with E-state index in [0.29, 0.717) is 4.68 Å². The van der Waals surface area contributed by atoms with Crippen LogP contribution in [0.3, 0.4) is 0 Å². The molecule has 150 valence electrons. The van der Waals surface area contributed by atoms with Gasteiger partial charge in [0.15, 0.2) is 17.2 Å². The Hall–Kier alpha value is -3.10. The molecule has 2 heterocycles. The van der Waals surface area contributed by atoms with Crippen LogP contribution in [0, 0.1) is 17.8 Å². The summed E-state index contributed by atoms with van der Waals surface area (Å²) in [5, 5.41) is 11.9. The van der Waals surface area contributed by atoms with Crippen molar-refractivity contribution in [2.24, 2.45) is 0 Å². The Morgan fingerprint density at radius 2 is 2.17 bits per heavy atom. The number of fused-ring (bicyclic) bond motifs is 1. The van der Waals surface area contributed by atoms with Gasteiger partial charge in [0.05, 0.1) is 11.6 Å². The molecule has 9 nitrogen and oxygen atoms in total. The Morgan fingerprint density at radius 1 is 1.41 bits per heavy atom. The topological polar surface area (TPSA) is 101 Å². The average Bonchev–Trinajstić information content (AvgIpc) is 3.08. The summed E-state index contributed by atoms with van der Waals surface area (Å²) >= 11 is 7.07. The number of rotatable bonds is 5. The molecule has 12 heteroatoms. The van der Waals surface area contributed by atoms with Crippen molar-refractivity contribution in [2.75, 3.05) is 12.9 Å². The van der Waals surface area contributed by atoms with Gasteiger partial charge < -0.3 is 9.47 Å². The summed E-state index contributed by atoms with van der Waals surface area (Å²) in [6.07, 6.45) is 4.01. The number of esters is 1. The van der Waals surface area contributed by atoms with Crippen LogP contribution in [0.5, 0.6) is 5.75 Å². The minimum absolute atomic E-state index is 0.00919. The van der Waals surface area contributed by atoms with Crippen LogP contribution in [0.15, 0.2) is 22.0 Å². The zero-order valence-corrected chi connectivity index (χ0v) is 17.0. The number of hydrogen-bond acceptors (Lipinski definition) is 8. The molecule has 29 heavy (non-hydrogen) atoms. The normalized spacial score (nSPS) is 10.5. The number of thioether (sulfide) groups is 1. The van der Waals surface area contributed by atoms with Crippen LogP contribution in [0.4, 0.5) is 4.39 Å². The van der Waals surface area contributed by atoms with Gasteiger partial charge in [-0.3, -0.25) is 0 Å². The summed E-state index contributed by atoms with van der Waals surface area (Å²) in [4.78, 5) is 25.1. The SMILES string of the molecule is CC#COc1cc(-n2nnc3c(C(=O)OCC)c(SC)nn3c2=O)c(F)cc1Cl. The van der Waals surface area contributed by atoms with Gasteiger partial charge in [-0.25, -0.2) is 14.0 Å². The first-order valence-corrected chi connectivity index (χ1v) is 9.71. The van der Waals surface area contributed by atoms with E-state index < -0.39 is 17.5 Å². The molecule has 0 aliphatic heterocycles. The molecule has 0 fully saturated rings. The molecule has 0 atom stereocenters. The summed E-state index contributed by atoms with van der Waals surface area (Å²) in [5.41, 5.74) is -1.22. The van der Waals surface area contributed by atoms with Gasteiger partial charge >= 0.3 is 11.7 Å². The molecular formula is C17H13ClFN5O4S. The molecule has 0 amide bonds. The van der Waals surface area contributed by atoms with Crippen molar-refractivity contribution >= 4 is 35.0 Å². The second kappa shape index (κ2) is 8.50. The van der Waals surface area contributed by atoms with Crippen molar-refractivity contribution in [3.8, 4) is 23.5 Å². The standard InChI is InChI=1S/C17H13ClFN5O4S/c1-4-6-28-12-8-11(10(19)7-9(12)18)23-17(26)24-14(20-22-23)13(15(21-24)29-3)16(25)27-5-2/h7-8H,5H2,1-3H3. The molecule has 0 saturated carbocycles. The Kier molecular flexibility index (Phi) is 6.05. The van der Waals surface area contributed by atoms with Gasteiger partial charge in [-0.15, -0.1) is 16.9 Å². The van der Waals surface area contributed by atoms with E-state index in [4.69, 9.17) is 21.1 Å². The first-order chi connectivity index (χ1) is 13.9. The number of hydrogen-bond donors (Lipinski definition) is 0. The molecule has 3 aromatic rings. The lowest BCUT2D eigenvalue weighted by molar-refractivity contribution is 0.0524. The van der Waals surface area contributed by atoms with Crippen LogP contribution < -0.4 is 10.4 Å². The lowest BCUT2D eigenvalue weighted by atomic mass is 10.3. The average molecular weight is 438 g/mol. The van der Waals surface area contributed by atoms with E-state index in [-0.39, 0.29) is 39.3 Å². The van der Waals surface area contributed by atoms with E-state index >= 15 is 0 Å². The number of nitrogens with zero attached hydrogens (tertiary/aromatic N) is 5. The lowest BCUT2D eigenvalue weighted by Gasteiger charge is -2.08. The Bertz CT molecular complexity index is 1230. The molecule has 2 aromatic heterocycles. The van der Waals surface area contributed by atoms with Crippen LogP contribution in [-0.4, -0.2) is 43.4 Å². The molecule has 0 radical (unpaired) electrons. The van der Waals surface area contributed by atoms with E-state index in [1.807, 2.05) is 0 Å². The first kappa shape index (κ1) is 20.6. The lowest BCUT2D eigenvalue weighted by Crippen LogP contribution is -2.30. The second-order valence-electron chi connectivity index (χ2n) is 5.31. The summed E-state index contributed by atoms with van der Waals surface area (Å²) in [6, 6.07) is 2.12. The number of carbonyl (C=O) groups is 1. The van der Waals surface area contributed by atoms with E-state index in [2.05, 4.69) is 27.4 Å². The van der Waals surface area contributed by atoms with E-state index in [9.17, 15) is 14.0 Å². The maximum atomic E-state index is 14.5. The fourth-order valence-electron chi connectivity index (χ4n) is 2.37. The number of carbonyl (C=O) groups excluding carboxylic acids is 1. The van der Waals surface area contributed by atoms with Crippen molar-refractivity contribution in [3.63, 3.8) is 0 Å². The van der Waals surface area contributed by atoms with Crippen molar-refractivity contribution < 1.29 is 18.7 Å². The fraction of sp³-hybridized carbons (Fsp3) is 0.235. The zero-order valence-electron chi connectivity index (χ0n) is 15.4. The van der Waals surface area contributed by atoms with Gasteiger partial charge in [0.25, 0.3) is 0 Å². The minimum atomic E-state index is -0.852. The fourth-order valence-corrected chi connectivity index (χ4v) is 3.10. The van der Waals surface area contributed by atoms with E-state index in [1.165, 1.54) is 0 Å². The summed E-state index contributed by atoms with van der Waals surface area (Å²) in [6.45, 7) is 3.32. The van der Waals surface area contributed by atoms with Gasteiger partial charge in [0, 0.05) is 13.0 Å². The molecule has 0 aliphatic carbocycles. The molecule has 0 unspecified atom stereocenters. The summed E-state index contributed by atoms with van der Waals surface area (Å²) in [5.74, 6) is 1.01. The van der Waals surface area contributed by atoms with Crippen molar-refractivity contribution in [3.05, 3.63) is 39.0 Å². The minimum Gasteiger partial charge on any atom is -0.462 e. The molecule has 0 aliphatic rings. The van der Waals surface area contributed by atoms with E-state index in [1.54, 1.807) is 20.1 Å². The Balaban J connectivity index is 2.22. The van der Waals surface area contributed by atoms with Crippen LogP contribution in [0.1, 0.15) is 24.2 Å². The molecule has 1 aromatic carbocycles. The smallest absolute Gasteiger partial charge is 0.373 e. The third-order valence-corrected chi connectivity index (χ3v) is 4.55. The molecule has 3 rings (SSSR count). The van der Waals surface area contributed by atoms with E-state index in [0.717, 1.165) is 28.4 Å². The first-order valence-electron chi connectivity index (χ1n) is 8.10. The molecule has 0 spiro atoms. The van der Waals surface area contributed by atoms with Crippen LogP contribution in [-0.2, 0) is 4.74 Å². The quantitative estimate of drug-likeness (QED) is 0.340. The highest BCUT2D eigenvalue weighted by atomic mass is 35.5. The van der Waals surface area contributed by atoms with Gasteiger partial charge in [-0.05, 0) is 19.2 Å². The van der Waals surface area contributed by atoms with Gasteiger partial charge in [0.2, 0.25) is 0 Å². The zero-order chi connectivity index (χ0) is 21.1. The van der Waals surface area contributed by atoms with Gasteiger partial charge in [0.1, 0.15) is 22.4 Å². The van der Waals surface area contributed by atoms with Crippen molar-refractivity contribution in [1.29, 1.82) is 0 Å². The predicted octanol–water partition coefficient (Wildman–Crippen LogP) is 2.33. The maximum Gasteiger partial charge on any atom is 0.373 e. The van der Waals surface area contributed by atoms with Crippen LogP contribution in [0.2, 0.25) is 5.02 Å². The number of halogens is 2. The van der Waals surface area contributed by atoms with Crippen LogP contribution in [0.25, 0.3) is 11.3 Å². The second-order valence-corrected chi connectivity index (χ2v) is 6.51. The van der Waals surface area contributed by atoms with Gasteiger partial charge in [-0.1, -0.05) is 22.7 Å². The molecular weight excluding hydrogens is 425 g/mol. The Morgan fingerprint density at radius 3 is 2.83 bits per heavy atom. The number of aromatic nitrogens is 5. The van der Waals surface area contributed by atoms with Crippen molar-refractivity contribution in [1.82, 2.24) is 24.6 Å². The molecule has 0 N–H and O–H groups in total. The maximum absolute atomic E-state index is 14.5. The van der Waals surface area contributed by atoms with Crippen LogP contribution >= 0.6 is 23.4 Å². The predicted molar refractivity (Wildman–Crippen MR) is 103 cm³/mol. The Labute approximate surface area is 172 Å². The third kappa shape index (κ3) is 3.76. The summed E-state index contributed by atoms with van der Waals surface area (Å²) < 4.78 is 26.1. The number of ether oxygens (including phenoxy) is 2. The third-order valence-electron chi connectivity index (χ3n) is 3.59. The molecule has 0 saturated heterocycles. The summed E-state index contributed by atoms with van der Waals surface area (Å²) in [7, 11) is 0. The van der Waals surface area contributed by atoms with Crippen molar-refractivity contribution in [2.45, 2.75) is 18.9 Å². The highest BCUT2D eigenvalue weighted by Crippen LogP contribution is 2.29.